The molecule has 0 aromatic heterocycles. The molecular formula is C33H41N3O4S. The van der Waals surface area contributed by atoms with Gasteiger partial charge in [0.15, 0.2) is 0 Å². The van der Waals surface area contributed by atoms with Crippen molar-refractivity contribution in [2.24, 2.45) is 0 Å². The lowest BCUT2D eigenvalue weighted by atomic mass is 10.1. The van der Waals surface area contributed by atoms with Gasteiger partial charge in [0.05, 0.1) is 10.6 Å². The molecule has 0 heterocycles. The fourth-order valence-electron chi connectivity index (χ4n) is 5.34. The molecule has 4 rings (SSSR count). The number of hydrogen-bond donors (Lipinski definition) is 1. The Hall–Kier alpha value is -3.65. The lowest BCUT2D eigenvalue weighted by molar-refractivity contribution is -0.139. The maximum Gasteiger partial charge on any atom is 0.264 e. The number of sulfonamides is 1. The Bertz CT molecular complexity index is 1400. The number of nitrogens with zero attached hydrogens (tertiary/aromatic N) is 2. The molecule has 0 aliphatic heterocycles. The Morgan fingerprint density at radius 1 is 0.878 bits per heavy atom. The fourth-order valence-corrected chi connectivity index (χ4v) is 6.75. The van der Waals surface area contributed by atoms with Crippen molar-refractivity contribution in [3.63, 3.8) is 0 Å². The number of carbonyl (C=O) groups excluding carboxylic acids is 2. The molecule has 0 bridgehead atoms. The van der Waals surface area contributed by atoms with Crippen molar-refractivity contribution in [1.29, 1.82) is 0 Å². The molecule has 1 unspecified atom stereocenters. The van der Waals surface area contributed by atoms with E-state index >= 15 is 0 Å². The van der Waals surface area contributed by atoms with Crippen LogP contribution in [0.5, 0.6) is 0 Å². The first-order valence-corrected chi connectivity index (χ1v) is 15.9. The van der Waals surface area contributed by atoms with Crippen LogP contribution in [-0.4, -0.2) is 50.3 Å². The van der Waals surface area contributed by atoms with Gasteiger partial charge in [0, 0.05) is 12.6 Å². The number of benzene rings is 3. The van der Waals surface area contributed by atoms with Crippen LogP contribution < -0.4 is 9.62 Å². The van der Waals surface area contributed by atoms with Crippen molar-refractivity contribution < 1.29 is 18.0 Å². The fraction of sp³-hybridized carbons (Fsp3) is 0.394. The van der Waals surface area contributed by atoms with Crippen molar-refractivity contribution in [3.05, 3.63) is 95.6 Å². The van der Waals surface area contributed by atoms with E-state index in [4.69, 9.17) is 0 Å². The summed E-state index contributed by atoms with van der Waals surface area (Å²) in [4.78, 5) is 29.3. The molecule has 0 spiro atoms. The summed E-state index contributed by atoms with van der Waals surface area (Å²) in [6.45, 7) is 5.59. The highest BCUT2D eigenvalue weighted by molar-refractivity contribution is 7.92. The van der Waals surface area contributed by atoms with E-state index < -0.39 is 28.5 Å². The van der Waals surface area contributed by atoms with Gasteiger partial charge >= 0.3 is 0 Å². The van der Waals surface area contributed by atoms with Crippen molar-refractivity contribution in [3.8, 4) is 0 Å². The average Bonchev–Trinajstić information content (AvgIpc) is 3.48. The summed E-state index contributed by atoms with van der Waals surface area (Å²) in [5, 5.41) is 3.15. The maximum absolute atomic E-state index is 14.1. The number of carbonyl (C=O) groups is 2. The van der Waals surface area contributed by atoms with Gasteiger partial charge in [0.1, 0.15) is 12.6 Å². The van der Waals surface area contributed by atoms with E-state index in [1.807, 2.05) is 63.2 Å². The zero-order chi connectivity index (χ0) is 29.4. The molecule has 7 nitrogen and oxygen atoms in total. The summed E-state index contributed by atoms with van der Waals surface area (Å²) in [6.07, 6.45) is 5.02. The summed E-state index contributed by atoms with van der Waals surface area (Å²) < 4.78 is 29.1. The van der Waals surface area contributed by atoms with Crippen LogP contribution in [0.25, 0.3) is 0 Å². The molecular weight excluding hydrogens is 534 g/mol. The molecule has 3 aromatic rings. The largest absolute Gasteiger partial charge is 0.352 e. The van der Waals surface area contributed by atoms with Crippen LogP contribution in [0.15, 0.2) is 83.8 Å². The zero-order valence-corrected chi connectivity index (χ0v) is 25.1. The van der Waals surface area contributed by atoms with Gasteiger partial charge in [-0.1, -0.05) is 85.5 Å². The monoisotopic (exact) mass is 575 g/mol. The molecule has 3 aromatic carbocycles. The van der Waals surface area contributed by atoms with Gasteiger partial charge < -0.3 is 10.2 Å². The smallest absolute Gasteiger partial charge is 0.264 e. The Morgan fingerprint density at radius 3 is 2.05 bits per heavy atom. The molecule has 41 heavy (non-hydrogen) atoms. The summed E-state index contributed by atoms with van der Waals surface area (Å²) in [6, 6.07) is 22.9. The SMILES string of the molecule is CCC(C(=O)NC1CCCC1)N(CCc1ccccc1)C(=O)CN(c1ccc(C)cc1)S(=O)(=O)c1ccc(C)cc1. The van der Waals surface area contributed by atoms with Gasteiger partial charge in [-0.3, -0.25) is 13.9 Å². The standard InChI is InChI=1S/C33H41N3O4S/c1-4-31(33(38)34-28-12-8-9-13-28)35(23-22-27-10-6-5-7-11-27)32(37)24-36(29-18-14-25(2)15-19-29)41(39,40)30-20-16-26(3)17-21-30/h5-7,10-11,14-21,28,31H,4,8-9,12-13,22-24H2,1-3H3,(H,34,38). The van der Waals surface area contributed by atoms with Gasteiger partial charge in [-0.05, 0) is 69.4 Å². The predicted octanol–water partition coefficient (Wildman–Crippen LogP) is 5.41. The number of rotatable bonds is 12. The van der Waals surface area contributed by atoms with Gasteiger partial charge in [-0.15, -0.1) is 0 Å². The summed E-state index contributed by atoms with van der Waals surface area (Å²) in [7, 11) is -4.07. The van der Waals surface area contributed by atoms with Gasteiger partial charge in [-0.2, -0.15) is 0 Å². The molecule has 0 radical (unpaired) electrons. The molecule has 1 N–H and O–H groups in total. The molecule has 1 saturated carbocycles. The third-order valence-electron chi connectivity index (χ3n) is 7.78. The number of nitrogens with one attached hydrogen (secondary N) is 1. The summed E-state index contributed by atoms with van der Waals surface area (Å²) in [5.74, 6) is -0.588. The second-order valence-corrected chi connectivity index (χ2v) is 12.8. The van der Waals surface area contributed by atoms with E-state index in [0.29, 0.717) is 25.1 Å². The van der Waals surface area contributed by atoms with Crippen LogP contribution in [0.3, 0.4) is 0 Å². The van der Waals surface area contributed by atoms with Crippen LogP contribution >= 0.6 is 0 Å². The topological polar surface area (TPSA) is 86.8 Å². The predicted molar refractivity (Wildman–Crippen MR) is 163 cm³/mol. The van der Waals surface area contributed by atoms with Crippen LogP contribution in [0, 0.1) is 13.8 Å². The molecule has 1 aliphatic carbocycles. The van der Waals surface area contributed by atoms with Crippen LogP contribution in [0.1, 0.15) is 55.7 Å². The normalized spacial score (nSPS) is 14.4. The lowest BCUT2D eigenvalue weighted by Gasteiger charge is -2.33. The minimum atomic E-state index is -4.07. The quantitative estimate of drug-likeness (QED) is 0.313. The molecule has 1 aliphatic rings. The molecule has 2 amide bonds. The van der Waals surface area contributed by atoms with E-state index in [0.717, 1.165) is 46.7 Å². The van der Waals surface area contributed by atoms with Crippen molar-refractivity contribution in [2.75, 3.05) is 17.4 Å². The molecule has 218 valence electrons. The second-order valence-electron chi connectivity index (χ2n) is 10.9. The number of anilines is 1. The zero-order valence-electron chi connectivity index (χ0n) is 24.3. The van der Waals surface area contributed by atoms with Gasteiger partial charge in [-0.25, -0.2) is 8.42 Å². The number of amides is 2. The van der Waals surface area contributed by atoms with E-state index in [1.54, 1.807) is 41.3 Å². The first kappa shape index (κ1) is 30.3. The minimum Gasteiger partial charge on any atom is -0.352 e. The van der Waals surface area contributed by atoms with Gasteiger partial charge in [0.25, 0.3) is 10.0 Å². The Labute approximate surface area is 244 Å². The second kappa shape index (κ2) is 13.8. The Balaban J connectivity index is 1.66. The molecule has 8 heteroatoms. The Morgan fingerprint density at radius 2 is 1.46 bits per heavy atom. The van der Waals surface area contributed by atoms with Crippen LogP contribution in [0.2, 0.25) is 0 Å². The van der Waals surface area contributed by atoms with Crippen molar-refractivity contribution in [2.45, 2.75) is 76.3 Å². The first-order chi connectivity index (χ1) is 19.7. The highest BCUT2D eigenvalue weighted by Crippen LogP contribution is 2.25. The third-order valence-corrected chi connectivity index (χ3v) is 9.57. The molecule has 1 atom stereocenters. The lowest BCUT2D eigenvalue weighted by Crippen LogP contribution is -2.54. The highest BCUT2D eigenvalue weighted by Gasteiger charge is 2.34. The molecule has 0 saturated heterocycles. The van der Waals surface area contributed by atoms with E-state index in [2.05, 4.69) is 5.32 Å². The van der Waals surface area contributed by atoms with Crippen molar-refractivity contribution in [1.82, 2.24) is 10.2 Å². The number of hydrogen-bond acceptors (Lipinski definition) is 4. The van der Waals surface area contributed by atoms with E-state index in [9.17, 15) is 18.0 Å². The first-order valence-electron chi connectivity index (χ1n) is 14.5. The third kappa shape index (κ3) is 7.76. The van der Waals surface area contributed by atoms with Crippen LogP contribution in [0.4, 0.5) is 5.69 Å². The number of aryl methyl sites for hydroxylation is 2. The van der Waals surface area contributed by atoms with E-state index in [1.165, 1.54) is 0 Å². The molecule has 1 fully saturated rings. The van der Waals surface area contributed by atoms with Crippen LogP contribution in [-0.2, 0) is 26.0 Å². The summed E-state index contributed by atoms with van der Waals surface area (Å²) in [5.41, 5.74) is 3.36. The highest BCUT2D eigenvalue weighted by atomic mass is 32.2. The average molecular weight is 576 g/mol. The minimum absolute atomic E-state index is 0.110. The van der Waals surface area contributed by atoms with E-state index in [-0.39, 0.29) is 16.8 Å². The summed E-state index contributed by atoms with van der Waals surface area (Å²) >= 11 is 0. The van der Waals surface area contributed by atoms with Gasteiger partial charge in [0.2, 0.25) is 11.8 Å². The van der Waals surface area contributed by atoms with Crippen molar-refractivity contribution >= 4 is 27.5 Å². The Kier molecular flexibility index (Phi) is 10.2. The maximum atomic E-state index is 14.1.